The van der Waals surface area contributed by atoms with E-state index in [4.69, 9.17) is 4.42 Å². The molecule has 0 aliphatic heterocycles. The number of furan rings is 1. The minimum atomic E-state index is -0.182. The van der Waals surface area contributed by atoms with Crippen molar-refractivity contribution in [2.24, 2.45) is 0 Å². The highest BCUT2D eigenvalue weighted by molar-refractivity contribution is 6.04. The third kappa shape index (κ3) is 4.98. The molecule has 1 aromatic heterocycles. The van der Waals surface area contributed by atoms with Gasteiger partial charge in [0.05, 0.1) is 19.4 Å². The lowest BCUT2D eigenvalue weighted by Crippen LogP contribution is -2.29. The molecule has 0 fully saturated rings. The summed E-state index contributed by atoms with van der Waals surface area (Å²) in [6.07, 6.45) is 1.56. The molecule has 3 N–H and O–H groups in total. The summed E-state index contributed by atoms with van der Waals surface area (Å²) in [6, 6.07) is 19.8. The van der Waals surface area contributed by atoms with Crippen LogP contribution in [0.1, 0.15) is 16.1 Å². The number of hydrogen-bond acceptors (Lipinski definition) is 4. The Morgan fingerprint density at radius 3 is 2.46 bits per heavy atom. The summed E-state index contributed by atoms with van der Waals surface area (Å²) >= 11 is 0. The van der Waals surface area contributed by atoms with Crippen molar-refractivity contribution in [1.82, 2.24) is 5.32 Å². The van der Waals surface area contributed by atoms with Gasteiger partial charge in [0.1, 0.15) is 5.76 Å². The van der Waals surface area contributed by atoms with E-state index in [9.17, 15) is 9.59 Å². The predicted molar refractivity (Wildman–Crippen MR) is 99.9 cm³/mol. The molecular formula is C20H19N3O3. The van der Waals surface area contributed by atoms with Crippen LogP contribution in [0.25, 0.3) is 0 Å². The fourth-order valence-corrected chi connectivity index (χ4v) is 2.34. The maximum absolute atomic E-state index is 12.2. The van der Waals surface area contributed by atoms with Crippen LogP contribution in [0.4, 0.5) is 11.4 Å². The van der Waals surface area contributed by atoms with Gasteiger partial charge in [-0.2, -0.15) is 0 Å². The zero-order valence-electron chi connectivity index (χ0n) is 14.1. The van der Waals surface area contributed by atoms with Crippen LogP contribution in [-0.2, 0) is 11.3 Å². The molecule has 0 aliphatic rings. The summed E-state index contributed by atoms with van der Waals surface area (Å²) in [5, 5.41) is 8.63. The van der Waals surface area contributed by atoms with Gasteiger partial charge in [-0.05, 0) is 42.5 Å². The van der Waals surface area contributed by atoms with Crippen molar-refractivity contribution in [2.75, 3.05) is 17.2 Å². The Bertz CT molecular complexity index is 861. The highest BCUT2D eigenvalue weighted by Gasteiger charge is 2.06. The molecule has 2 amide bonds. The molecule has 1 heterocycles. The summed E-state index contributed by atoms with van der Waals surface area (Å²) in [5.74, 6) is 0.364. The first-order valence-corrected chi connectivity index (χ1v) is 8.20. The molecule has 0 bridgehead atoms. The van der Waals surface area contributed by atoms with Crippen molar-refractivity contribution in [3.8, 4) is 0 Å². The van der Waals surface area contributed by atoms with Crippen LogP contribution in [-0.4, -0.2) is 18.4 Å². The Morgan fingerprint density at radius 2 is 1.69 bits per heavy atom. The van der Waals surface area contributed by atoms with Crippen molar-refractivity contribution in [3.63, 3.8) is 0 Å². The highest BCUT2D eigenvalue weighted by atomic mass is 16.3. The molecule has 0 spiro atoms. The predicted octanol–water partition coefficient (Wildman–Crippen LogP) is 3.26. The Kier molecular flexibility index (Phi) is 5.67. The zero-order valence-corrected chi connectivity index (χ0v) is 14.1. The van der Waals surface area contributed by atoms with Gasteiger partial charge in [-0.25, -0.2) is 0 Å². The molecule has 0 aliphatic carbocycles. The molecule has 3 aromatic rings. The zero-order chi connectivity index (χ0) is 18.2. The molecule has 6 heteroatoms. The molecule has 0 radical (unpaired) electrons. The summed E-state index contributed by atoms with van der Waals surface area (Å²) < 4.78 is 5.16. The lowest BCUT2D eigenvalue weighted by Gasteiger charge is -2.10. The van der Waals surface area contributed by atoms with Crippen molar-refractivity contribution in [3.05, 3.63) is 84.3 Å². The van der Waals surface area contributed by atoms with Gasteiger partial charge in [-0.3, -0.25) is 9.59 Å². The van der Waals surface area contributed by atoms with Crippen LogP contribution < -0.4 is 16.0 Å². The summed E-state index contributed by atoms with van der Waals surface area (Å²) in [6.45, 7) is 0.470. The number of benzene rings is 2. The van der Waals surface area contributed by atoms with Gasteiger partial charge >= 0.3 is 0 Å². The number of nitrogens with one attached hydrogen (secondary N) is 3. The molecule has 3 rings (SSSR count). The van der Waals surface area contributed by atoms with Crippen LogP contribution in [0, 0.1) is 0 Å². The standard InChI is InChI=1S/C20H19N3O3/c24-19(22-13-18-10-5-11-26-18)14-21-16-8-4-9-17(12-16)23-20(25)15-6-2-1-3-7-15/h1-12,21H,13-14H2,(H,22,24)(H,23,25). The van der Waals surface area contributed by atoms with E-state index in [0.717, 1.165) is 5.69 Å². The number of carbonyl (C=O) groups excluding carboxylic acids is 2. The number of amides is 2. The lowest BCUT2D eigenvalue weighted by atomic mass is 10.2. The first-order valence-electron chi connectivity index (χ1n) is 8.20. The average molecular weight is 349 g/mol. The van der Waals surface area contributed by atoms with Gasteiger partial charge in [0.15, 0.2) is 0 Å². The Labute approximate surface area is 151 Å². The van der Waals surface area contributed by atoms with E-state index in [1.54, 1.807) is 42.7 Å². The second-order valence-corrected chi connectivity index (χ2v) is 5.61. The van der Waals surface area contributed by atoms with Gasteiger partial charge in [-0.1, -0.05) is 24.3 Å². The van der Waals surface area contributed by atoms with Gasteiger partial charge < -0.3 is 20.4 Å². The SMILES string of the molecule is O=C(CNc1cccc(NC(=O)c2ccccc2)c1)NCc1ccco1. The minimum Gasteiger partial charge on any atom is -0.467 e. The molecule has 6 nitrogen and oxygen atoms in total. The van der Waals surface area contributed by atoms with E-state index in [2.05, 4.69) is 16.0 Å². The molecule has 132 valence electrons. The van der Waals surface area contributed by atoms with E-state index in [-0.39, 0.29) is 18.4 Å². The third-order valence-electron chi connectivity index (χ3n) is 3.65. The Hall–Kier alpha value is -3.54. The van der Waals surface area contributed by atoms with Gasteiger partial charge in [0, 0.05) is 16.9 Å². The molecule has 2 aromatic carbocycles. The summed E-state index contributed by atoms with van der Waals surface area (Å²) in [5.41, 5.74) is 1.98. The third-order valence-corrected chi connectivity index (χ3v) is 3.65. The topological polar surface area (TPSA) is 83.4 Å². The second-order valence-electron chi connectivity index (χ2n) is 5.61. The van der Waals surface area contributed by atoms with Crippen LogP contribution in [0.15, 0.2) is 77.4 Å². The molecule has 0 saturated heterocycles. The van der Waals surface area contributed by atoms with Gasteiger partial charge in [0.25, 0.3) is 5.91 Å². The van der Waals surface area contributed by atoms with E-state index < -0.39 is 0 Å². The van der Waals surface area contributed by atoms with E-state index in [1.165, 1.54) is 0 Å². The van der Waals surface area contributed by atoms with Crippen molar-refractivity contribution < 1.29 is 14.0 Å². The van der Waals surface area contributed by atoms with E-state index in [1.807, 2.05) is 30.3 Å². The molecule has 26 heavy (non-hydrogen) atoms. The molecule has 0 atom stereocenters. The van der Waals surface area contributed by atoms with Crippen molar-refractivity contribution >= 4 is 23.2 Å². The highest BCUT2D eigenvalue weighted by Crippen LogP contribution is 2.16. The summed E-state index contributed by atoms with van der Waals surface area (Å²) in [7, 11) is 0. The number of carbonyl (C=O) groups is 2. The van der Waals surface area contributed by atoms with E-state index >= 15 is 0 Å². The first kappa shape index (κ1) is 17.3. The van der Waals surface area contributed by atoms with Crippen molar-refractivity contribution in [2.45, 2.75) is 6.54 Å². The second kappa shape index (κ2) is 8.53. The maximum Gasteiger partial charge on any atom is 0.255 e. The fraction of sp³-hybridized carbons (Fsp3) is 0.100. The van der Waals surface area contributed by atoms with Crippen LogP contribution >= 0.6 is 0 Å². The first-order chi connectivity index (χ1) is 12.7. The number of anilines is 2. The Balaban J connectivity index is 1.50. The van der Waals surface area contributed by atoms with Crippen LogP contribution in [0.5, 0.6) is 0 Å². The van der Waals surface area contributed by atoms with Crippen LogP contribution in [0.3, 0.4) is 0 Å². The largest absolute Gasteiger partial charge is 0.467 e. The minimum absolute atomic E-state index is 0.122. The average Bonchev–Trinajstić information content (AvgIpc) is 3.19. The van der Waals surface area contributed by atoms with E-state index in [0.29, 0.717) is 23.6 Å². The quantitative estimate of drug-likeness (QED) is 0.611. The summed E-state index contributed by atoms with van der Waals surface area (Å²) in [4.78, 5) is 24.1. The molecule has 0 unspecified atom stereocenters. The van der Waals surface area contributed by atoms with Gasteiger partial charge in [0.2, 0.25) is 5.91 Å². The normalized spacial score (nSPS) is 10.2. The van der Waals surface area contributed by atoms with Gasteiger partial charge in [-0.15, -0.1) is 0 Å². The Morgan fingerprint density at radius 1 is 0.885 bits per heavy atom. The number of hydrogen-bond donors (Lipinski definition) is 3. The smallest absolute Gasteiger partial charge is 0.255 e. The molecular weight excluding hydrogens is 330 g/mol. The van der Waals surface area contributed by atoms with Crippen molar-refractivity contribution in [1.29, 1.82) is 0 Å². The number of rotatable bonds is 7. The lowest BCUT2D eigenvalue weighted by molar-refractivity contribution is -0.119. The molecule has 0 saturated carbocycles. The maximum atomic E-state index is 12.2. The monoisotopic (exact) mass is 349 g/mol. The van der Waals surface area contributed by atoms with Crippen LogP contribution in [0.2, 0.25) is 0 Å². The fourth-order valence-electron chi connectivity index (χ4n) is 2.34.